The highest BCUT2D eigenvalue weighted by atomic mass is 79.9. The maximum absolute atomic E-state index is 8.74. The molecule has 0 aliphatic carbocycles. The summed E-state index contributed by atoms with van der Waals surface area (Å²) in [5.41, 5.74) is 2.25. The molecule has 1 aromatic heterocycles. The van der Waals surface area contributed by atoms with Crippen molar-refractivity contribution in [1.82, 2.24) is 9.55 Å². The molecule has 3 nitrogen and oxygen atoms in total. The van der Waals surface area contributed by atoms with Crippen LogP contribution in [0, 0.1) is 17.2 Å². The van der Waals surface area contributed by atoms with Gasteiger partial charge in [-0.2, -0.15) is 5.26 Å². The predicted octanol–water partition coefficient (Wildman–Crippen LogP) is 4.58. The lowest BCUT2D eigenvalue weighted by Gasteiger charge is -2.13. The van der Waals surface area contributed by atoms with Gasteiger partial charge in [0, 0.05) is 11.0 Å². The fourth-order valence-corrected chi connectivity index (χ4v) is 2.88. The molecule has 0 atom stereocenters. The van der Waals surface area contributed by atoms with Gasteiger partial charge in [-0.25, -0.2) is 4.98 Å². The van der Waals surface area contributed by atoms with E-state index in [0.29, 0.717) is 11.7 Å². The fourth-order valence-electron chi connectivity index (χ4n) is 1.96. The van der Waals surface area contributed by atoms with Gasteiger partial charge in [-0.1, -0.05) is 53.7 Å². The molecule has 0 unspecified atom stereocenters. The molecule has 0 fully saturated rings. The quantitative estimate of drug-likeness (QED) is 0.741. The van der Waals surface area contributed by atoms with Crippen molar-refractivity contribution in [3.05, 3.63) is 34.9 Å². The van der Waals surface area contributed by atoms with Crippen LogP contribution in [0.15, 0.2) is 40.1 Å². The van der Waals surface area contributed by atoms with E-state index in [4.69, 9.17) is 5.26 Å². The third-order valence-electron chi connectivity index (χ3n) is 2.77. The number of nitrogens with zero attached hydrogens (tertiary/aromatic N) is 3. The minimum atomic E-state index is 0.425. The Morgan fingerprint density at radius 3 is 2.65 bits per heavy atom. The van der Waals surface area contributed by atoms with E-state index in [9.17, 15) is 0 Å². The average molecular weight is 350 g/mol. The van der Waals surface area contributed by atoms with Gasteiger partial charge >= 0.3 is 0 Å². The molecule has 0 amide bonds. The molecule has 2 aromatic rings. The maximum Gasteiger partial charge on any atom is 0.169 e. The van der Waals surface area contributed by atoms with E-state index in [1.807, 2.05) is 18.3 Å². The number of aromatic nitrogens is 2. The van der Waals surface area contributed by atoms with Crippen LogP contribution in [-0.4, -0.2) is 15.3 Å². The number of hydrogen-bond donors (Lipinski definition) is 0. The predicted molar refractivity (Wildman–Crippen MR) is 86.5 cm³/mol. The number of nitriles is 1. The number of hydrogen-bond acceptors (Lipinski definition) is 3. The smallest absolute Gasteiger partial charge is 0.169 e. The highest BCUT2D eigenvalue weighted by Crippen LogP contribution is 2.28. The van der Waals surface area contributed by atoms with Gasteiger partial charge < -0.3 is 4.57 Å². The first-order valence-electron chi connectivity index (χ1n) is 6.43. The molecular formula is C15H16BrN3S. The molecule has 0 saturated carbocycles. The van der Waals surface area contributed by atoms with Crippen molar-refractivity contribution in [3.8, 4) is 17.3 Å². The van der Waals surface area contributed by atoms with Gasteiger partial charge in [-0.15, -0.1) is 0 Å². The second kappa shape index (κ2) is 6.96. The van der Waals surface area contributed by atoms with Crippen LogP contribution in [0.4, 0.5) is 0 Å². The van der Waals surface area contributed by atoms with Crippen molar-refractivity contribution >= 4 is 27.7 Å². The van der Waals surface area contributed by atoms with Crippen LogP contribution >= 0.6 is 27.7 Å². The molecule has 5 heteroatoms. The summed E-state index contributed by atoms with van der Waals surface area (Å²) in [6, 6.07) is 10.4. The lowest BCUT2D eigenvalue weighted by molar-refractivity contribution is 0.498. The van der Waals surface area contributed by atoms with Gasteiger partial charge in [0.2, 0.25) is 0 Å². The number of thioether (sulfide) groups is 1. The van der Waals surface area contributed by atoms with Gasteiger partial charge in [-0.3, -0.25) is 0 Å². The summed E-state index contributed by atoms with van der Waals surface area (Å²) >= 11 is 4.94. The third kappa shape index (κ3) is 3.65. The van der Waals surface area contributed by atoms with Crippen LogP contribution in [0.25, 0.3) is 11.3 Å². The zero-order valence-corrected chi connectivity index (χ0v) is 13.9. The third-order valence-corrected chi connectivity index (χ3v) is 4.16. The number of halogens is 1. The second-order valence-electron chi connectivity index (χ2n) is 4.88. The van der Waals surface area contributed by atoms with Crippen molar-refractivity contribution < 1.29 is 0 Å². The van der Waals surface area contributed by atoms with Gasteiger partial charge in [0.25, 0.3) is 0 Å². The van der Waals surface area contributed by atoms with Crippen molar-refractivity contribution in [2.75, 3.05) is 5.75 Å². The molecule has 0 saturated heterocycles. The first-order valence-corrected chi connectivity index (χ1v) is 8.21. The SMILES string of the molecule is CC(C)Cn1c(-c2ccc(Br)cc2)cnc1SCC#N. The summed E-state index contributed by atoms with van der Waals surface area (Å²) in [6.07, 6.45) is 1.89. The molecule has 0 N–H and O–H groups in total. The van der Waals surface area contributed by atoms with Crippen LogP contribution in [-0.2, 0) is 6.54 Å². The van der Waals surface area contributed by atoms with E-state index in [1.165, 1.54) is 11.8 Å². The molecule has 0 bridgehead atoms. The summed E-state index contributed by atoms with van der Waals surface area (Å²) < 4.78 is 3.27. The van der Waals surface area contributed by atoms with Crippen LogP contribution in [0.2, 0.25) is 0 Å². The zero-order chi connectivity index (χ0) is 14.5. The number of benzene rings is 1. The molecule has 0 aliphatic heterocycles. The highest BCUT2D eigenvalue weighted by molar-refractivity contribution is 9.10. The van der Waals surface area contributed by atoms with E-state index in [0.717, 1.165) is 27.4 Å². The summed E-state index contributed by atoms with van der Waals surface area (Å²) in [7, 11) is 0. The zero-order valence-electron chi connectivity index (χ0n) is 11.5. The Hall–Kier alpha value is -1.25. The molecule has 1 aromatic carbocycles. The average Bonchev–Trinajstić information content (AvgIpc) is 2.79. The van der Waals surface area contributed by atoms with Crippen LogP contribution in [0.3, 0.4) is 0 Å². The largest absolute Gasteiger partial charge is 0.319 e. The Balaban J connectivity index is 2.39. The molecule has 104 valence electrons. The van der Waals surface area contributed by atoms with E-state index in [2.05, 4.69) is 57.5 Å². The van der Waals surface area contributed by atoms with E-state index in [-0.39, 0.29) is 0 Å². The monoisotopic (exact) mass is 349 g/mol. The van der Waals surface area contributed by atoms with Crippen LogP contribution in [0.5, 0.6) is 0 Å². The lowest BCUT2D eigenvalue weighted by Crippen LogP contribution is -2.07. The Labute approximate surface area is 132 Å². The molecular weight excluding hydrogens is 334 g/mol. The first-order chi connectivity index (χ1) is 9.61. The van der Waals surface area contributed by atoms with Crippen molar-refractivity contribution in [2.45, 2.75) is 25.5 Å². The number of rotatable bonds is 5. The first kappa shape index (κ1) is 15.1. The summed E-state index contributed by atoms with van der Waals surface area (Å²) in [5, 5.41) is 9.66. The maximum atomic E-state index is 8.74. The van der Waals surface area contributed by atoms with Gasteiger partial charge in [0.15, 0.2) is 5.16 Å². The van der Waals surface area contributed by atoms with Crippen LogP contribution in [0.1, 0.15) is 13.8 Å². The second-order valence-corrected chi connectivity index (χ2v) is 6.74. The molecule has 0 aliphatic rings. The van der Waals surface area contributed by atoms with Crippen LogP contribution < -0.4 is 0 Å². The van der Waals surface area contributed by atoms with Crippen molar-refractivity contribution in [1.29, 1.82) is 5.26 Å². The normalized spacial score (nSPS) is 10.8. The minimum absolute atomic E-state index is 0.425. The summed E-state index contributed by atoms with van der Waals surface area (Å²) in [5.74, 6) is 0.953. The van der Waals surface area contributed by atoms with E-state index in [1.54, 1.807) is 0 Å². The van der Waals surface area contributed by atoms with Gasteiger partial charge in [-0.05, 0) is 23.6 Å². The van der Waals surface area contributed by atoms with E-state index < -0.39 is 0 Å². The number of imidazole rings is 1. The molecule has 0 radical (unpaired) electrons. The van der Waals surface area contributed by atoms with Gasteiger partial charge in [0.05, 0.1) is 23.7 Å². The molecule has 20 heavy (non-hydrogen) atoms. The van der Waals surface area contributed by atoms with Crippen molar-refractivity contribution in [3.63, 3.8) is 0 Å². The molecule has 1 heterocycles. The minimum Gasteiger partial charge on any atom is -0.319 e. The topological polar surface area (TPSA) is 41.6 Å². The Bertz CT molecular complexity index is 611. The Morgan fingerprint density at radius 1 is 1.35 bits per heavy atom. The lowest BCUT2D eigenvalue weighted by atomic mass is 10.1. The molecule has 2 rings (SSSR count). The summed E-state index contributed by atoms with van der Waals surface area (Å²) in [4.78, 5) is 4.47. The van der Waals surface area contributed by atoms with E-state index >= 15 is 0 Å². The highest BCUT2D eigenvalue weighted by Gasteiger charge is 2.13. The Morgan fingerprint density at radius 2 is 2.05 bits per heavy atom. The van der Waals surface area contributed by atoms with Crippen molar-refractivity contribution in [2.24, 2.45) is 5.92 Å². The summed E-state index contributed by atoms with van der Waals surface area (Å²) in [6.45, 7) is 5.27. The van der Waals surface area contributed by atoms with Gasteiger partial charge in [0.1, 0.15) is 0 Å². The molecule has 0 spiro atoms. The standard InChI is InChI=1S/C15H16BrN3S/c1-11(2)10-19-14(9-18-15(19)20-8-7-17)12-3-5-13(16)6-4-12/h3-6,9,11H,8,10H2,1-2H3. The fraction of sp³-hybridized carbons (Fsp3) is 0.333. The Kier molecular flexibility index (Phi) is 5.27.